The Morgan fingerprint density at radius 3 is 3.08 bits per heavy atom. The number of fused-ring (bicyclic) bond motifs is 1. The Morgan fingerprint density at radius 1 is 1.46 bits per heavy atom. The molecule has 13 heavy (non-hydrogen) atoms. The molecule has 0 spiro atoms. The summed E-state index contributed by atoms with van der Waals surface area (Å²) in [5.74, 6) is 0.368. The van der Waals surface area contributed by atoms with Crippen LogP contribution in [0.25, 0.3) is 0 Å². The van der Waals surface area contributed by atoms with E-state index in [9.17, 15) is 0 Å². The van der Waals surface area contributed by atoms with Crippen LogP contribution >= 0.6 is 0 Å². The number of nitrogen functional groups attached to an aromatic ring is 1. The molecule has 1 aromatic heterocycles. The van der Waals surface area contributed by atoms with Crippen LogP contribution in [0.5, 0.6) is 0 Å². The van der Waals surface area contributed by atoms with E-state index < -0.39 is 0 Å². The molecule has 0 atom stereocenters. The highest BCUT2D eigenvalue weighted by Crippen LogP contribution is 2.17. The van der Waals surface area contributed by atoms with E-state index >= 15 is 0 Å². The topological polar surface area (TPSA) is 75.9 Å². The molecule has 0 amide bonds. The molecule has 0 bridgehead atoms. The summed E-state index contributed by atoms with van der Waals surface area (Å²) in [4.78, 5) is 8.37. The molecular formula is C8H13N5. The summed E-state index contributed by atoms with van der Waals surface area (Å²) < 4.78 is 0. The molecule has 0 fully saturated rings. The molecule has 0 aromatic carbocycles. The molecule has 5 heteroatoms. The number of hydrogen-bond acceptors (Lipinski definition) is 5. The fourth-order valence-electron chi connectivity index (χ4n) is 1.57. The maximum absolute atomic E-state index is 5.58. The van der Waals surface area contributed by atoms with Gasteiger partial charge in [-0.05, 0) is 7.05 Å². The Morgan fingerprint density at radius 2 is 2.31 bits per heavy atom. The van der Waals surface area contributed by atoms with E-state index in [1.165, 1.54) is 5.56 Å². The van der Waals surface area contributed by atoms with Gasteiger partial charge in [-0.3, -0.25) is 0 Å². The van der Waals surface area contributed by atoms with Crippen LogP contribution in [0, 0.1) is 0 Å². The summed E-state index contributed by atoms with van der Waals surface area (Å²) in [5, 5.41) is 6.30. The first-order valence-corrected chi connectivity index (χ1v) is 4.30. The van der Waals surface area contributed by atoms with Gasteiger partial charge >= 0.3 is 0 Å². The van der Waals surface area contributed by atoms with Crippen LogP contribution in [0.2, 0.25) is 0 Å². The molecule has 2 heterocycles. The summed E-state index contributed by atoms with van der Waals surface area (Å²) in [6.07, 6.45) is 0. The minimum Gasteiger partial charge on any atom is -0.368 e. The zero-order chi connectivity index (χ0) is 9.26. The molecule has 1 aliphatic rings. The zero-order valence-electron chi connectivity index (χ0n) is 7.59. The van der Waals surface area contributed by atoms with Crippen LogP contribution in [-0.4, -0.2) is 17.0 Å². The number of nitrogens with zero attached hydrogens (tertiary/aromatic N) is 2. The van der Waals surface area contributed by atoms with Gasteiger partial charge in [0.1, 0.15) is 0 Å². The van der Waals surface area contributed by atoms with Crippen molar-refractivity contribution in [2.45, 2.75) is 19.6 Å². The smallest absolute Gasteiger partial charge is 0.220 e. The monoisotopic (exact) mass is 179 g/mol. The predicted molar refractivity (Wildman–Crippen MR) is 49.8 cm³/mol. The maximum atomic E-state index is 5.58. The van der Waals surface area contributed by atoms with Gasteiger partial charge in [-0.25, -0.2) is 9.97 Å². The molecule has 0 saturated carbocycles. The first kappa shape index (κ1) is 8.40. The Kier molecular flexibility index (Phi) is 2.12. The number of anilines is 1. The van der Waals surface area contributed by atoms with Crippen molar-refractivity contribution in [2.24, 2.45) is 0 Å². The van der Waals surface area contributed by atoms with Gasteiger partial charge in [0.15, 0.2) is 0 Å². The highest BCUT2D eigenvalue weighted by atomic mass is 15.1. The van der Waals surface area contributed by atoms with Crippen molar-refractivity contribution < 1.29 is 0 Å². The zero-order valence-corrected chi connectivity index (χ0v) is 7.59. The largest absolute Gasteiger partial charge is 0.368 e. The molecular weight excluding hydrogens is 166 g/mol. The SMILES string of the molecule is CNCc1nc(N)nc2c1CNC2. The third kappa shape index (κ3) is 1.48. The lowest BCUT2D eigenvalue weighted by Gasteiger charge is -2.06. The third-order valence-corrected chi connectivity index (χ3v) is 2.13. The van der Waals surface area contributed by atoms with Crippen LogP contribution in [0.3, 0.4) is 0 Å². The predicted octanol–water partition coefficient (Wildman–Crippen LogP) is -0.619. The number of hydrogen-bond donors (Lipinski definition) is 3. The molecule has 0 saturated heterocycles. The average molecular weight is 179 g/mol. The Bertz CT molecular complexity index is 323. The fourth-order valence-corrected chi connectivity index (χ4v) is 1.57. The molecule has 4 N–H and O–H groups in total. The highest BCUT2D eigenvalue weighted by Gasteiger charge is 2.17. The summed E-state index contributed by atoms with van der Waals surface area (Å²) in [7, 11) is 1.90. The van der Waals surface area contributed by atoms with Crippen LogP contribution in [0.4, 0.5) is 5.95 Å². The van der Waals surface area contributed by atoms with E-state index in [2.05, 4.69) is 20.6 Å². The van der Waals surface area contributed by atoms with Crippen molar-refractivity contribution >= 4 is 5.95 Å². The van der Waals surface area contributed by atoms with Crippen molar-refractivity contribution in [3.05, 3.63) is 17.0 Å². The van der Waals surface area contributed by atoms with E-state index in [4.69, 9.17) is 5.73 Å². The van der Waals surface area contributed by atoms with Crippen LogP contribution < -0.4 is 16.4 Å². The van der Waals surface area contributed by atoms with Crippen molar-refractivity contribution in [3.63, 3.8) is 0 Å². The summed E-state index contributed by atoms with van der Waals surface area (Å²) >= 11 is 0. The summed E-state index contributed by atoms with van der Waals surface area (Å²) in [6, 6.07) is 0. The number of aromatic nitrogens is 2. The van der Waals surface area contributed by atoms with Gasteiger partial charge in [-0.15, -0.1) is 0 Å². The molecule has 1 aromatic rings. The first-order chi connectivity index (χ1) is 6.31. The fraction of sp³-hybridized carbons (Fsp3) is 0.500. The molecule has 1 aliphatic heterocycles. The van der Waals surface area contributed by atoms with Gasteiger partial charge in [0.05, 0.1) is 11.4 Å². The molecule has 0 unspecified atom stereocenters. The van der Waals surface area contributed by atoms with E-state index in [0.29, 0.717) is 5.95 Å². The highest BCUT2D eigenvalue weighted by molar-refractivity contribution is 5.34. The first-order valence-electron chi connectivity index (χ1n) is 4.30. The van der Waals surface area contributed by atoms with Gasteiger partial charge in [-0.1, -0.05) is 0 Å². The van der Waals surface area contributed by atoms with Crippen molar-refractivity contribution in [3.8, 4) is 0 Å². The third-order valence-electron chi connectivity index (χ3n) is 2.13. The van der Waals surface area contributed by atoms with Crippen molar-refractivity contribution in [2.75, 3.05) is 12.8 Å². The van der Waals surface area contributed by atoms with Gasteiger partial charge in [0, 0.05) is 25.2 Å². The normalized spacial score (nSPS) is 14.5. The lowest BCUT2D eigenvalue weighted by molar-refractivity contribution is 0.744. The van der Waals surface area contributed by atoms with Gasteiger partial charge in [0.2, 0.25) is 5.95 Å². The quantitative estimate of drug-likeness (QED) is 0.564. The van der Waals surface area contributed by atoms with Gasteiger partial charge in [0.25, 0.3) is 0 Å². The standard InChI is InChI=1S/C8H13N5/c1-10-3-6-5-2-11-4-7(5)13-8(9)12-6/h10-11H,2-4H2,1H3,(H2,9,12,13). The van der Waals surface area contributed by atoms with Crippen molar-refractivity contribution in [1.29, 1.82) is 0 Å². The second-order valence-corrected chi connectivity index (χ2v) is 3.09. The van der Waals surface area contributed by atoms with Gasteiger partial charge in [-0.2, -0.15) is 0 Å². The average Bonchev–Trinajstić information content (AvgIpc) is 2.52. The van der Waals surface area contributed by atoms with Gasteiger partial charge < -0.3 is 16.4 Å². The van der Waals surface area contributed by atoms with Crippen LogP contribution in [0.15, 0.2) is 0 Å². The molecule has 2 rings (SSSR count). The van der Waals surface area contributed by atoms with E-state index in [0.717, 1.165) is 31.0 Å². The molecule has 0 radical (unpaired) electrons. The minimum absolute atomic E-state index is 0.368. The Balaban J connectivity index is 2.43. The van der Waals surface area contributed by atoms with Crippen molar-refractivity contribution in [1.82, 2.24) is 20.6 Å². The Hall–Kier alpha value is -1.20. The number of nitrogens with one attached hydrogen (secondary N) is 2. The van der Waals surface area contributed by atoms with E-state index in [1.54, 1.807) is 0 Å². The molecule has 0 aliphatic carbocycles. The maximum Gasteiger partial charge on any atom is 0.220 e. The molecule has 70 valence electrons. The summed E-state index contributed by atoms with van der Waals surface area (Å²) in [6.45, 7) is 2.40. The van der Waals surface area contributed by atoms with E-state index in [1.807, 2.05) is 7.05 Å². The van der Waals surface area contributed by atoms with E-state index in [-0.39, 0.29) is 0 Å². The Labute approximate surface area is 76.8 Å². The minimum atomic E-state index is 0.368. The lowest BCUT2D eigenvalue weighted by atomic mass is 10.2. The lowest BCUT2D eigenvalue weighted by Crippen LogP contribution is -2.12. The molecule has 5 nitrogen and oxygen atoms in total. The number of nitrogens with two attached hydrogens (primary N) is 1. The second kappa shape index (κ2) is 3.27. The number of rotatable bonds is 2. The van der Waals surface area contributed by atoms with Crippen LogP contribution in [-0.2, 0) is 19.6 Å². The van der Waals surface area contributed by atoms with Crippen LogP contribution in [0.1, 0.15) is 17.0 Å². The summed E-state index contributed by atoms with van der Waals surface area (Å²) in [5.41, 5.74) is 8.83. The second-order valence-electron chi connectivity index (χ2n) is 3.09.